The predicted octanol–water partition coefficient (Wildman–Crippen LogP) is 4.15. The topological polar surface area (TPSA) is 67.0 Å². The molecule has 142 valence electrons. The van der Waals surface area contributed by atoms with Gasteiger partial charge >= 0.3 is 0 Å². The molecule has 29 heavy (non-hydrogen) atoms. The van der Waals surface area contributed by atoms with E-state index in [4.69, 9.17) is 4.74 Å². The van der Waals surface area contributed by atoms with Crippen LogP contribution in [0.5, 0.6) is 5.75 Å². The van der Waals surface area contributed by atoms with Crippen molar-refractivity contribution >= 4 is 22.6 Å². The fourth-order valence-corrected chi connectivity index (χ4v) is 3.05. The van der Waals surface area contributed by atoms with E-state index in [0.717, 1.165) is 39.2 Å². The van der Waals surface area contributed by atoms with Crippen molar-refractivity contribution in [2.75, 3.05) is 12.4 Å². The number of carbonyl (C=O) groups is 1. The summed E-state index contributed by atoms with van der Waals surface area (Å²) in [7, 11) is 1.61. The van der Waals surface area contributed by atoms with Gasteiger partial charge in [-0.15, -0.1) is 0 Å². The van der Waals surface area contributed by atoms with Gasteiger partial charge < -0.3 is 15.0 Å². The van der Waals surface area contributed by atoms with Crippen molar-refractivity contribution in [3.63, 3.8) is 0 Å². The Kier molecular flexibility index (Phi) is 5.26. The second-order valence-corrected chi connectivity index (χ2v) is 6.46. The maximum Gasteiger partial charge on any atom is 0.228 e. The molecule has 0 unspecified atom stereocenters. The van der Waals surface area contributed by atoms with E-state index in [1.165, 1.54) is 0 Å². The number of amides is 1. The van der Waals surface area contributed by atoms with Gasteiger partial charge in [-0.2, -0.15) is 0 Å². The standard InChI is InChI=1S/C24H19N3O2/c1-29-21-10-8-20(9-11-21)27-23(28)16-19-5-3-2-4-17(19)6-7-18-12-14-25-24-22(18)13-15-26-24/h2-5,8-15H,16H2,1H3,(H,25,26)(H,27,28). The largest absolute Gasteiger partial charge is 0.497 e. The summed E-state index contributed by atoms with van der Waals surface area (Å²) in [5, 5.41) is 3.89. The average Bonchev–Trinajstić information content (AvgIpc) is 3.23. The summed E-state index contributed by atoms with van der Waals surface area (Å²) >= 11 is 0. The summed E-state index contributed by atoms with van der Waals surface area (Å²) in [6.45, 7) is 0. The molecule has 2 N–H and O–H groups in total. The van der Waals surface area contributed by atoms with E-state index in [1.54, 1.807) is 13.3 Å². The Morgan fingerprint density at radius 3 is 2.66 bits per heavy atom. The van der Waals surface area contributed by atoms with Crippen LogP contribution in [0.4, 0.5) is 5.69 Å². The number of nitrogens with zero attached hydrogens (tertiary/aromatic N) is 1. The first-order valence-electron chi connectivity index (χ1n) is 9.19. The molecule has 0 spiro atoms. The number of H-pyrrole nitrogens is 1. The number of fused-ring (bicyclic) bond motifs is 1. The fraction of sp³-hybridized carbons (Fsp3) is 0.0833. The van der Waals surface area contributed by atoms with Crippen LogP contribution in [-0.2, 0) is 11.2 Å². The van der Waals surface area contributed by atoms with Crippen molar-refractivity contribution in [2.45, 2.75) is 6.42 Å². The average molecular weight is 381 g/mol. The number of hydrogen-bond acceptors (Lipinski definition) is 3. The molecule has 4 rings (SSSR count). The Morgan fingerprint density at radius 1 is 1.03 bits per heavy atom. The molecule has 2 heterocycles. The molecule has 1 amide bonds. The number of rotatable bonds is 4. The molecule has 0 aliphatic rings. The van der Waals surface area contributed by atoms with Crippen molar-refractivity contribution < 1.29 is 9.53 Å². The minimum Gasteiger partial charge on any atom is -0.497 e. The maximum absolute atomic E-state index is 12.5. The van der Waals surface area contributed by atoms with Gasteiger partial charge in [0.15, 0.2) is 0 Å². The van der Waals surface area contributed by atoms with E-state index in [0.29, 0.717) is 0 Å². The summed E-state index contributed by atoms with van der Waals surface area (Å²) < 4.78 is 5.14. The second kappa shape index (κ2) is 8.32. The van der Waals surface area contributed by atoms with Crippen molar-refractivity contribution in [1.82, 2.24) is 9.97 Å². The lowest BCUT2D eigenvalue weighted by molar-refractivity contribution is -0.115. The number of nitrogens with one attached hydrogen (secondary N) is 2. The third kappa shape index (κ3) is 4.28. The van der Waals surface area contributed by atoms with Crippen LogP contribution in [0.2, 0.25) is 0 Å². The Hall–Kier alpha value is -4.04. The first-order chi connectivity index (χ1) is 14.2. The monoisotopic (exact) mass is 381 g/mol. The second-order valence-electron chi connectivity index (χ2n) is 6.46. The highest BCUT2D eigenvalue weighted by atomic mass is 16.5. The van der Waals surface area contributed by atoms with Crippen LogP contribution in [-0.4, -0.2) is 23.0 Å². The van der Waals surface area contributed by atoms with Crippen LogP contribution < -0.4 is 10.1 Å². The fourth-order valence-electron chi connectivity index (χ4n) is 3.05. The summed E-state index contributed by atoms with van der Waals surface area (Å²) in [5.41, 5.74) is 4.15. The van der Waals surface area contributed by atoms with Gasteiger partial charge in [-0.3, -0.25) is 4.79 Å². The van der Waals surface area contributed by atoms with Gasteiger partial charge in [-0.25, -0.2) is 4.98 Å². The van der Waals surface area contributed by atoms with Crippen molar-refractivity contribution in [3.05, 3.63) is 89.7 Å². The smallest absolute Gasteiger partial charge is 0.228 e. The molecule has 5 heteroatoms. The van der Waals surface area contributed by atoms with Crippen LogP contribution in [0, 0.1) is 11.8 Å². The Bertz CT molecular complexity index is 1210. The molecule has 0 saturated heterocycles. The molecule has 0 bridgehead atoms. The number of carbonyl (C=O) groups excluding carboxylic acids is 1. The maximum atomic E-state index is 12.5. The lowest BCUT2D eigenvalue weighted by Crippen LogP contribution is -2.15. The number of pyridine rings is 1. The number of ether oxygens (including phenoxy) is 1. The van der Waals surface area contributed by atoms with Crippen LogP contribution in [0.15, 0.2) is 73.1 Å². The lowest BCUT2D eigenvalue weighted by Gasteiger charge is -2.08. The minimum atomic E-state index is -0.0960. The number of methoxy groups -OCH3 is 1. The SMILES string of the molecule is COc1ccc(NC(=O)Cc2ccccc2C#Cc2ccnc3[nH]ccc23)cc1. The summed E-state index contributed by atoms with van der Waals surface area (Å²) in [4.78, 5) is 19.9. The summed E-state index contributed by atoms with van der Waals surface area (Å²) in [6.07, 6.45) is 3.82. The molecule has 2 aromatic carbocycles. The van der Waals surface area contributed by atoms with Gasteiger partial charge in [0.05, 0.1) is 13.5 Å². The number of hydrogen-bond donors (Lipinski definition) is 2. The van der Waals surface area contributed by atoms with E-state index in [1.807, 2.05) is 66.9 Å². The molecule has 2 aromatic heterocycles. The lowest BCUT2D eigenvalue weighted by atomic mass is 10.0. The number of anilines is 1. The van der Waals surface area contributed by atoms with Gasteiger partial charge in [0, 0.05) is 34.6 Å². The number of aromatic nitrogens is 2. The molecule has 0 radical (unpaired) electrons. The first kappa shape index (κ1) is 18.3. The summed E-state index contributed by atoms with van der Waals surface area (Å²) in [6, 6.07) is 18.8. The normalized spacial score (nSPS) is 10.2. The molecule has 0 fully saturated rings. The van der Waals surface area contributed by atoms with E-state index in [2.05, 4.69) is 27.1 Å². The number of aromatic amines is 1. The van der Waals surface area contributed by atoms with Crippen molar-refractivity contribution in [2.24, 2.45) is 0 Å². The van der Waals surface area contributed by atoms with Crippen molar-refractivity contribution in [3.8, 4) is 17.6 Å². The predicted molar refractivity (Wildman–Crippen MR) is 114 cm³/mol. The zero-order chi connectivity index (χ0) is 20.1. The molecule has 0 aliphatic carbocycles. The Labute approximate surface area is 168 Å². The van der Waals surface area contributed by atoms with Crippen LogP contribution in [0.25, 0.3) is 11.0 Å². The van der Waals surface area contributed by atoms with Crippen LogP contribution in [0.3, 0.4) is 0 Å². The minimum absolute atomic E-state index is 0.0960. The highest BCUT2D eigenvalue weighted by Crippen LogP contribution is 2.17. The molecule has 5 nitrogen and oxygen atoms in total. The molecule has 0 atom stereocenters. The van der Waals surface area contributed by atoms with Gasteiger partial charge in [0.25, 0.3) is 0 Å². The van der Waals surface area contributed by atoms with Crippen LogP contribution >= 0.6 is 0 Å². The highest BCUT2D eigenvalue weighted by molar-refractivity contribution is 5.92. The highest BCUT2D eigenvalue weighted by Gasteiger charge is 2.08. The third-order valence-corrected chi connectivity index (χ3v) is 4.53. The van der Waals surface area contributed by atoms with Gasteiger partial charge in [-0.05, 0) is 48.0 Å². The molecule has 4 aromatic rings. The zero-order valence-electron chi connectivity index (χ0n) is 15.9. The van der Waals surface area contributed by atoms with Crippen molar-refractivity contribution in [1.29, 1.82) is 0 Å². The number of benzene rings is 2. The van der Waals surface area contributed by atoms with Gasteiger partial charge in [0.1, 0.15) is 11.4 Å². The molecular formula is C24H19N3O2. The van der Waals surface area contributed by atoms with E-state index in [9.17, 15) is 4.79 Å². The first-order valence-corrected chi connectivity index (χ1v) is 9.19. The van der Waals surface area contributed by atoms with E-state index >= 15 is 0 Å². The van der Waals surface area contributed by atoms with Gasteiger partial charge in [0.2, 0.25) is 5.91 Å². The Morgan fingerprint density at radius 2 is 1.83 bits per heavy atom. The van der Waals surface area contributed by atoms with Crippen LogP contribution in [0.1, 0.15) is 16.7 Å². The van der Waals surface area contributed by atoms with E-state index < -0.39 is 0 Å². The quantitative estimate of drug-likeness (QED) is 0.522. The molecule has 0 aliphatic heterocycles. The molecule has 0 saturated carbocycles. The third-order valence-electron chi connectivity index (χ3n) is 4.53. The van der Waals surface area contributed by atoms with E-state index in [-0.39, 0.29) is 12.3 Å². The zero-order valence-corrected chi connectivity index (χ0v) is 15.9. The Balaban J connectivity index is 1.53. The molecular weight excluding hydrogens is 362 g/mol. The van der Waals surface area contributed by atoms with Gasteiger partial charge in [-0.1, -0.05) is 30.0 Å². The summed E-state index contributed by atoms with van der Waals surface area (Å²) in [5.74, 6) is 7.07.